The van der Waals surface area contributed by atoms with E-state index in [1.807, 2.05) is 13.8 Å². The van der Waals surface area contributed by atoms with Crippen LogP contribution in [0.3, 0.4) is 0 Å². The van der Waals surface area contributed by atoms with Crippen LogP contribution in [-0.2, 0) is 9.63 Å². The standard InChI is InChI=1S/C19H26BCl2N3O5/c1-4-19(18(27)24-16(20(28)29)7-11(2)3)9-13(25-30-19)10-23-17(26)14-8-12(21)5-6-15(14)22/h5-6,8,11,16,28-29H,4,7,9-10H2,1-3H3,(H,23,26)(H,24,27)/t16-,19?/m0/s1. The van der Waals surface area contributed by atoms with E-state index in [1.54, 1.807) is 13.0 Å². The highest BCUT2D eigenvalue weighted by molar-refractivity contribution is 6.43. The minimum absolute atomic E-state index is 0.0642. The van der Waals surface area contributed by atoms with Gasteiger partial charge in [0.25, 0.3) is 11.8 Å². The van der Waals surface area contributed by atoms with E-state index in [9.17, 15) is 19.6 Å². The Morgan fingerprint density at radius 1 is 1.33 bits per heavy atom. The predicted molar refractivity (Wildman–Crippen MR) is 117 cm³/mol. The fraction of sp³-hybridized carbons (Fsp3) is 0.526. The molecular formula is C19H26BCl2N3O5. The van der Waals surface area contributed by atoms with Crippen molar-refractivity contribution in [3.8, 4) is 0 Å². The Balaban J connectivity index is 1.99. The van der Waals surface area contributed by atoms with E-state index in [-0.39, 0.29) is 29.5 Å². The van der Waals surface area contributed by atoms with E-state index in [0.717, 1.165) is 0 Å². The lowest BCUT2D eigenvalue weighted by Gasteiger charge is -2.28. The molecule has 2 atom stereocenters. The van der Waals surface area contributed by atoms with Crippen LogP contribution in [0, 0.1) is 5.92 Å². The van der Waals surface area contributed by atoms with E-state index in [4.69, 9.17) is 28.0 Å². The summed E-state index contributed by atoms with van der Waals surface area (Å²) in [7, 11) is -1.69. The molecular weight excluding hydrogens is 432 g/mol. The number of hydrogen-bond donors (Lipinski definition) is 4. The lowest BCUT2D eigenvalue weighted by atomic mass is 9.74. The summed E-state index contributed by atoms with van der Waals surface area (Å²) in [6, 6.07) is 4.58. The quantitative estimate of drug-likeness (QED) is 0.423. The molecule has 4 N–H and O–H groups in total. The molecule has 11 heteroatoms. The van der Waals surface area contributed by atoms with Crippen molar-refractivity contribution in [1.82, 2.24) is 10.6 Å². The highest BCUT2D eigenvalue weighted by atomic mass is 35.5. The first-order chi connectivity index (χ1) is 14.1. The third-order valence-electron chi connectivity index (χ3n) is 4.85. The Morgan fingerprint density at radius 2 is 2.03 bits per heavy atom. The second-order valence-corrected chi connectivity index (χ2v) is 8.55. The van der Waals surface area contributed by atoms with Gasteiger partial charge in [0.15, 0.2) is 0 Å². The van der Waals surface area contributed by atoms with Gasteiger partial charge in [0.05, 0.1) is 28.8 Å². The molecule has 1 aliphatic heterocycles. The summed E-state index contributed by atoms with van der Waals surface area (Å²) in [5.41, 5.74) is -0.558. The number of benzene rings is 1. The molecule has 0 bridgehead atoms. The molecule has 0 fully saturated rings. The van der Waals surface area contributed by atoms with Crippen LogP contribution < -0.4 is 10.6 Å². The maximum Gasteiger partial charge on any atom is 0.475 e. The second kappa shape index (κ2) is 10.5. The molecule has 0 saturated heterocycles. The largest absolute Gasteiger partial charge is 0.475 e. The Hall–Kier alpha value is -1.81. The van der Waals surface area contributed by atoms with Gasteiger partial charge >= 0.3 is 7.12 Å². The van der Waals surface area contributed by atoms with E-state index >= 15 is 0 Å². The van der Waals surface area contributed by atoms with Crippen molar-refractivity contribution in [2.45, 2.75) is 51.6 Å². The van der Waals surface area contributed by atoms with Gasteiger partial charge in [0, 0.05) is 11.4 Å². The molecule has 1 aromatic rings. The minimum Gasteiger partial charge on any atom is -0.426 e. The zero-order valence-corrected chi connectivity index (χ0v) is 18.6. The van der Waals surface area contributed by atoms with Crippen molar-refractivity contribution >= 4 is 47.8 Å². The van der Waals surface area contributed by atoms with Gasteiger partial charge in [-0.1, -0.05) is 49.1 Å². The molecule has 0 spiro atoms. The molecule has 0 aromatic heterocycles. The Morgan fingerprint density at radius 3 is 2.63 bits per heavy atom. The van der Waals surface area contributed by atoms with E-state index in [1.165, 1.54) is 12.1 Å². The molecule has 8 nitrogen and oxygen atoms in total. The first-order valence-corrected chi connectivity index (χ1v) is 10.5. The van der Waals surface area contributed by atoms with Crippen LogP contribution in [0.15, 0.2) is 23.4 Å². The summed E-state index contributed by atoms with van der Waals surface area (Å²) in [5, 5.41) is 29.1. The van der Waals surface area contributed by atoms with Crippen LogP contribution >= 0.6 is 23.2 Å². The van der Waals surface area contributed by atoms with Crippen molar-refractivity contribution < 1.29 is 24.5 Å². The SMILES string of the molecule is CCC1(C(=O)N[C@@H](CC(C)C)B(O)O)CC(CNC(=O)c2cc(Cl)ccc2Cl)=NO1. The smallest absolute Gasteiger partial charge is 0.426 e. The van der Waals surface area contributed by atoms with Gasteiger partial charge in [-0.05, 0) is 37.0 Å². The first kappa shape index (κ1) is 24.5. The van der Waals surface area contributed by atoms with Crippen molar-refractivity contribution in [3.63, 3.8) is 0 Å². The first-order valence-electron chi connectivity index (χ1n) is 9.72. The van der Waals surface area contributed by atoms with Gasteiger partial charge < -0.3 is 25.5 Å². The maximum atomic E-state index is 12.8. The number of nitrogens with zero attached hydrogens (tertiary/aromatic N) is 1. The summed E-state index contributed by atoms with van der Waals surface area (Å²) < 4.78 is 0. The van der Waals surface area contributed by atoms with Gasteiger partial charge in [0.2, 0.25) is 5.60 Å². The van der Waals surface area contributed by atoms with Crippen LogP contribution in [0.5, 0.6) is 0 Å². The number of oxime groups is 1. The molecule has 0 aliphatic carbocycles. The number of halogens is 2. The number of nitrogens with one attached hydrogen (secondary N) is 2. The summed E-state index contributed by atoms with van der Waals surface area (Å²) in [6.07, 6.45) is 0.873. The summed E-state index contributed by atoms with van der Waals surface area (Å²) in [4.78, 5) is 30.7. The number of hydrogen-bond acceptors (Lipinski definition) is 6. The maximum absolute atomic E-state index is 12.8. The average molecular weight is 458 g/mol. The molecule has 2 amide bonds. The molecule has 1 heterocycles. The lowest BCUT2D eigenvalue weighted by molar-refractivity contribution is -0.144. The normalized spacial score (nSPS) is 19.1. The van der Waals surface area contributed by atoms with Crippen molar-refractivity contribution in [3.05, 3.63) is 33.8 Å². The van der Waals surface area contributed by atoms with Crippen LogP contribution in [0.4, 0.5) is 0 Å². The van der Waals surface area contributed by atoms with Gasteiger partial charge in [-0.3, -0.25) is 9.59 Å². The number of carbonyl (C=O) groups is 2. The summed E-state index contributed by atoms with van der Waals surface area (Å²) in [6.45, 7) is 5.67. The number of rotatable bonds is 9. The van der Waals surface area contributed by atoms with Crippen LogP contribution in [-0.4, -0.2) is 52.8 Å². The molecule has 1 aromatic carbocycles. The third kappa shape index (κ3) is 6.10. The highest BCUT2D eigenvalue weighted by Gasteiger charge is 2.46. The average Bonchev–Trinajstić information content (AvgIpc) is 3.12. The Bertz CT molecular complexity index is 821. The Labute approximate surface area is 186 Å². The fourth-order valence-electron chi connectivity index (χ4n) is 3.12. The predicted octanol–water partition coefficient (Wildman–Crippen LogP) is 2.19. The molecule has 0 saturated carbocycles. The Kier molecular flexibility index (Phi) is 8.55. The third-order valence-corrected chi connectivity index (χ3v) is 5.42. The summed E-state index contributed by atoms with van der Waals surface area (Å²) >= 11 is 11.9. The van der Waals surface area contributed by atoms with Gasteiger partial charge in [0.1, 0.15) is 0 Å². The molecule has 30 heavy (non-hydrogen) atoms. The van der Waals surface area contributed by atoms with E-state index in [0.29, 0.717) is 23.6 Å². The monoisotopic (exact) mass is 457 g/mol. The number of carbonyl (C=O) groups excluding carboxylic acids is 2. The van der Waals surface area contributed by atoms with Crippen molar-refractivity contribution in [1.29, 1.82) is 0 Å². The molecule has 2 rings (SSSR count). The number of amides is 2. The zero-order valence-electron chi connectivity index (χ0n) is 17.1. The van der Waals surface area contributed by atoms with E-state index < -0.39 is 30.5 Å². The fourth-order valence-corrected chi connectivity index (χ4v) is 3.50. The van der Waals surface area contributed by atoms with Gasteiger partial charge in [-0.15, -0.1) is 0 Å². The van der Waals surface area contributed by atoms with Gasteiger partial charge in [-0.25, -0.2) is 0 Å². The molecule has 1 unspecified atom stereocenters. The lowest BCUT2D eigenvalue weighted by Crippen LogP contribution is -2.55. The van der Waals surface area contributed by atoms with Crippen LogP contribution in [0.25, 0.3) is 0 Å². The molecule has 1 aliphatic rings. The second-order valence-electron chi connectivity index (χ2n) is 7.70. The van der Waals surface area contributed by atoms with Crippen LogP contribution in [0.2, 0.25) is 10.0 Å². The zero-order chi connectivity index (χ0) is 22.5. The molecule has 164 valence electrons. The van der Waals surface area contributed by atoms with Crippen LogP contribution in [0.1, 0.15) is 50.4 Å². The molecule has 0 radical (unpaired) electrons. The topological polar surface area (TPSA) is 120 Å². The van der Waals surface area contributed by atoms with Gasteiger partial charge in [-0.2, -0.15) is 0 Å². The highest BCUT2D eigenvalue weighted by Crippen LogP contribution is 2.28. The van der Waals surface area contributed by atoms with Crippen molar-refractivity contribution in [2.24, 2.45) is 11.1 Å². The summed E-state index contributed by atoms with van der Waals surface area (Å²) in [5.74, 6) is -1.58. The van der Waals surface area contributed by atoms with E-state index in [2.05, 4.69) is 15.8 Å². The van der Waals surface area contributed by atoms with Crippen molar-refractivity contribution in [2.75, 3.05) is 6.54 Å². The minimum atomic E-state index is -1.69.